The van der Waals surface area contributed by atoms with Gasteiger partial charge in [0.05, 0.1) is 11.0 Å². The summed E-state index contributed by atoms with van der Waals surface area (Å²) in [5, 5.41) is 0. The van der Waals surface area contributed by atoms with Gasteiger partial charge in [0, 0.05) is 16.2 Å². The van der Waals surface area contributed by atoms with E-state index in [0.29, 0.717) is 0 Å². The summed E-state index contributed by atoms with van der Waals surface area (Å²) in [4.78, 5) is 4.44. The van der Waals surface area contributed by atoms with E-state index in [-0.39, 0.29) is 6.04 Å². The number of hydrogen-bond acceptors (Lipinski definition) is 2. The van der Waals surface area contributed by atoms with Crippen LogP contribution in [-0.2, 0) is 6.42 Å². The summed E-state index contributed by atoms with van der Waals surface area (Å²) in [6.07, 6.45) is 3.74. The molecule has 0 aliphatic rings. The third kappa shape index (κ3) is 2.87. The Bertz CT molecular complexity index is 764. The van der Waals surface area contributed by atoms with Crippen molar-refractivity contribution in [3.05, 3.63) is 58.8 Å². The van der Waals surface area contributed by atoms with Crippen LogP contribution in [0, 0.1) is 0 Å². The molecule has 1 heterocycles. The Balaban J connectivity index is 1.98. The molecule has 0 aliphatic carbocycles. The highest BCUT2D eigenvalue weighted by molar-refractivity contribution is 9.10. The smallest absolute Gasteiger partial charge is 0.100 e. The number of imidazole rings is 1. The molecule has 0 spiro atoms. The standard InChI is InChI=1S/C17H18BrN3/c1-2-13(19)9-12-7-8-14(10-15(12)18)21-11-20-16-5-3-4-6-17(16)21/h3-8,10-11,13H,2,9,19H2,1H3. The van der Waals surface area contributed by atoms with E-state index in [4.69, 9.17) is 5.73 Å². The number of nitrogens with zero attached hydrogens (tertiary/aromatic N) is 2. The van der Waals surface area contributed by atoms with Crippen molar-refractivity contribution in [3.63, 3.8) is 0 Å². The average Bonchev–Trinajstić information content (AvgIpc) is 2.93. The lowest BCUT2D eigenvalue weighted by molar-refractivity contribution is 0.645. The van der Waals surface area contributed by atoms with E-state index in [9.17, 15) is 0 Å². The number of para-hydroxylation sites is 2. The highest BCUT2D eigenvalue weighted by Crippen LogP contribution is 2.24. The number of benzene rings is 2. The fourth-order valence-electron chi connectivity index (χ4n) is 2.44. The van der Waals surface area contributed by atoms with Crippen LogP contribution in [-0.4, -0.2) is 15.6 Å². The Morgan fingerprint density at radius 2 is 2.05 bits per heavy atom. The fraction of sp³-hybridized carbons (Fsp3) is 0.235. The van der Waals surface area contributed by atoms with Gasteiger partial charge in [-0.25, -0.2) is 4.98 Å². The zero-order valence-corrected chi connectivity index (χ0v) is 13.5. The molecule has 1 unspecified atom stereocenters. The van der Waals surface area contributed by atoms with Crippen molar-refractivity contribution in [1.29, 1.82) is 0 Å². The molecule has 0 saturated heterocycles. The van der Waals surface area contributed by atoms with Crippen molar-refractivity contribution in [2.24, 2.45) is 5.73 Å². The first-order chi connectivity index (χ1) is 10.2. The van der Waals surface area contributed by atoms with Crippen molar-refractivity contribution in [1.82, 2.24) is 9.55 Å². The van der Waals surface area contributed by atoms with Crippen LogP contribution in [0.15, 0.2) is 53.3 Å². The van der Waals surface area contributed by atoms with Crippen LogP contribution in [0.1, 0.15) is 18.9 Å². The SMILES string of the molecule is CCC(N)Cc1ccc(-n2cnc3ccccc32)cc1Br. The number of hydrogen-bond donors (Lipinski definition) is 1. The molecule has 2 aromatic carbocycles. The summed E-state index contributed by atoms with van der Waals surface area (Å²) >= 11 is 3.67. The van der Waals surface area contributed by atoms with Gasteiger partial charge in [-0.05, 0) is 42.7 Å². The van der Waals surface area contributed by atoms with Crippen LogP contribution < -0.4 is 5.73 Å². The van der Waals surface area contributed by atoms with Crippen LogP contribution in [0.4, 0.5) is 0 Å². The van der Waals surface area contributed by atoms with Gasteiger partial charge in [-0.1, -0.05) is 41.1 Å². The Hall–Kier alpha value is -1.65. The minimum atomic E-state index is 0.209. The minimum absolute atomic E-state index is 0.209. The molecule has 0 fully saturated rings. The third-order valence-corrected chi connectivity index (χ3v) is 4.51. The molecule has 3 aromatic rings. The van der Waals surface area contributed by atoms with Gasteiger partial charge in [0.1, 0.15) is 6.33 Å². The van der Waals surface area contributed by atoms with Gasteiger partial charge < -0.3 is 5.73 Å². The van der Waals surface area contributed by atoms with Crippen LogP contribution >= 0.6 is 15.9 Å². The molecule has 3 rings (SSSR count). The minimum Gasteiger partial charge on any atom is -0.327 e. The molecule has 0 amide bonds. The molecular weight excluding hydrogens is 326 g/mol. The monoisotopic (exact) mass is 343 g/mol. The maximum Gasteiger partial charge on any atom is 0.100 e. The molecule has 21 heavy (non-hydrogen) atoms. The van der Waals surface area contributed by atoms with Gasteiger partial charge in [0.15, 0.2) is 0 Å². The molecule has 0 radical (unpaired) electrons. The molecule has 1 aromatic heterocycles. The lowest BCUT2D eigenvalue weighted by Gasteiger charge is -2.12. The summed E-state index contributed by atoms with van der Waals surface area (Å²) in [6.45, 7) is 2.12. The van der Waals surface area contributed by atoms with E-state index in [2.05, 4.69) is 56.7 Å². The van der Waals surface area contributed by atoms with Gasteiger partial charge in [-0.2, -0.15) is 0 Å². The topological polar surface area (TPSA) is 43.8 Å². The lowest BCUT2D eigenvalue weighted by Crippen LogP contribution is -2.21. The van der Waals surface area contributed by atoms with E-state index in [0.717, 1.165) is 34.0 Å². The first-order valence-corrected chi connectivity index (χ1v) is 7.95. The van der Waals surface area contributed by atoms with E-state index in [1.165, 1.54) is 5.56 Å². The van der Waals surface area contributed by atoms with Gasteiger partial charge in [0.2, 0.25) is 0 Å². The van der Waals surface area contributed by atoms with E-state index in [1.54, 1.807) is 0 Å². The van der Waals surface area contributed by atoms with Gasteiger partial charge in [0.25, 0.3) is 0 Å². The molecule has 0 bridgehead atoms. The van der Waals surface area contributed by atoms with Crippen LogP contribution in [0.25, 0.3) is 16.7 Å². The largest absolute Gasteiger partial charge is 0.327 e. The highest BCUT2D eigenvalue weighted by atomic mass is 79.9. The molecule has 3 nitrogen and oxygen atoms in total. The summed E-state index contributed by atoms with van der Waals surface area (Å²) in [5.41, 5.74) is 10.5. The van der Waals surface area contributed by atoms with Crippen molar-refractivity contribution in [3.8, 4) is 5.69 Å². The second kappa shape index (κ2) is 6.00. The lowest BCUT2D eigenvalue weighted by atomic mass is 10.0. The van der Waals surface area contributed by atoms with Crippen molar-refractivity contribution >= 4 is 27.0 Å². The average molecular weight is 344 g/mol. The van der Waals surface area contributed by atoms with Crippen LogP contribution in [0.5, 0.6) is 0 Å². The van der Waals surface area contributed by atoms with Gasteiger partial charge >= 0.3 is 0 Å². The number of rotatable bonds is 4. The third-order valence-electron chi connectivity index (χ3n) is 3.77. The summed E-state index contributed by atoms with van der Waals surface area (Å²) in [5.74, 6) is 0. The zero-order chi connectivity index (χ0) is 14.8. The number of halogens is 1. The molecule has 108 valence electrons. The van der Waals surface area contributed by atoms with E-state index >= 15 is 0 Å². The normalized spacial score (nSPS) is 12.7. The second-order valence-electron chi connectivity index (χ2n) is 5.25. The first-order valence-electron chi connectivity index (χ1n) is 7.15. The molecule has 0 saturated carbocycles. The molecule has 0 aliphatic heterocycles. The van der Waals surface area contributed by atoms with Gasteiger partial charge in [-0.3, -0.25) is 4.57 Å². The first kappa shape index (κ1) is 14.3. The summed E-state index contributed by atoms with van der Waals surface area (Å²) in [6, 6.07) is 14.7. The molecule has 2 N–H and O–H groups in total. The van der Waals surface area contributed by atoms with Gasteiger partial charge in [-0.15, -0.1) is 0 Å². The predicted octanol–water partition coefficient (Wildman–Crippen LogP) is 4.07. The summed E-state index contributed by atoms with van der Waals surface area (Å²) < 4.78 is 3.20. The van der Waals surface area contributed by atoms with Crippen molar-refractivity contribution in [2.45, 2.75) is 25.8 Å². The fourth-order valence-corrected chi connectivity index (χ4v) is 2.97. The molecular formula is C17H18BrN3. The van der Waals surface area contributed by atoms with Crippen molar-refractivity contribution < 1.29 is 0 Å². The quantitative estimate of drug-likeness (QED) is 0.775. The Morgan fingerprint density at radius 1 is 1.24 bits per heavy atom. The maximum absolute atomic E-state index is 6.04. The van der Waals surface area contributed by atoms with E-state index < -0.39 is 0 Å². The maximum atomic E-state index is 6.04. The second-order valence-corrected chi connectivity index (χ2v) is 6.11. The Morgan fingerprint density at radius 3 is 2.81 bits per heavy atom. The predicted molar refractivity (Wildman–Crippen MR) is 90.7 cm³/mol. The van der Waals surface area contributed by atoms with Crippen LogP contribution in [0.2, 0.25) is 0 Å². The highest BCUT2D eigenvalue weighted by Gasteiger charge is 2.09. The zero-order valence-electron chi connectivity index (χ0n) is 12.0. The number of aromatic nitrogens is 2. The van der Waals surface area contributed by atoms with Crippen LogP contribution in [0.3, 0.4) is 0 Å². The summed E-state index contributed by atoms with van der Waals surface area (Å²) in [7, 11) is 0. The van der Waals surface area contributed by atoms with Crippen molar-refractivity contribution in [2.75, 3.05) is 0 Å². The number of fused-ring (bicyclic) bond motifs is 1. The Labute approximate surface area is 132 Å². The molecule has 1 atom stereocenters. The van der Waals surface area contributed by atoms with E-state index in [1.807, 2.05) is 24.5 Å². The Kier molecular flexibility index (Phi) is 4.08. The number of nitrogens with two attached hydrogens (primary N) is 1. The molecule has 4 heteroatoms.